The summed E-state index contributed by atoms with van der Waals surface area (Å²) in [6.07, 6.45) is 53.2. The van der Waals surface area contributed by atoms with Crippen molar-refractivity contribution in [3.05, 3.63) is 24.3 Å². The fourth-order valence-electron chi connectivity index (χ4n) is 7.40. The highest BCUT2D eigenvalue weighted by Gasteiger charge is 2.17. The topological polar surface area (TPSA) is 95.9 Å². The van der Waals surface area contributed by atoms with Crippen molar-refractivity contribution in [3.8, 4) is 0 Å². The van der Waals surface area contributed by atoms with Gasteiger partial charge in [0.15, 0.2) is 0 Å². The SMILES string of the molecule is CCCCCCCCCCCCCCC/C=C/C(O)C(CO)NC(=O)CCC/C=C\CCCCCCOC(=O)CCCCCCCCCCCCCCCCC. The van der Waals surface area contributed by atoms with Crippen LogP contribution in [0.5, 0.6) is 0 Å². The molecule has 0 heterocycles. The fourth-order valence-corrected chi connectivity index (χ4v) is 7.40. The second kappa shape index (κ2) is 46.0. The summed E-state index contributed by atoms with van der Waals surface area (Å²) >= 11 is 0. The number of rotatable bonds is 45. The Labute approximate surface area is 348 Å². The lowest BCUT2D eigenvalue weighted by molar-refractivity contribution is -0.143. The summed E-state index contributed by atoms with van der Waals surface area (Å²) in [5, 5.41) is 23.0. The highest BCUT2D eigenvalue weighted by Crippen LogP contribution is 2.15. The Bertz CT molecular complexity index is 874. The van der Waals surface area contributed by atoms with Crippen LogP contribution in [0.1, 0.15) is 258 Å². The van der Waals surface area contributed by atoms with Gasteiger partial charge in [0.2, 0.25) is 5.91 Å². The molecule has 0 aromatic heterocycles. The molecule has 0 rings (SSSR count). The van der Waals surface area contributed by atoms with Crippen LogP contribution < -0.4 is 5.32 Å². The Morgan fingerprint density at radius 1 is 0.482 bits per heavy atom. The van der Waals surface area contributed by atoms with Gasteiger partial charge in [-0.2, -0.15) is 0 Å². The van der Waals surface area contributed by atoms with Gasteiger partial charge in [-0.05, 0) is 51.4 Å². The monoisotopic (exact) mass is 790 g/mol. The number of aliphatic hydroxyl groups excluding tert-OH is 2. The highest BCUT2D eigenvalue weighted by molar-refractivity contribution is 5.76. The molecular formula is C50H95NO5. The van der Waals surface area contributed by atoms with Crippen LogP contribution in [0.15, 0.2) is 24.3 Å². The van der Waals surface area contributed by atoms with Crippen LogP contribution >= 0.6 is 0 Å². The summed E-state index contributed by atoms with van der Waals surface area (Å²) in [6.45, 7) is 4.81. The van der Waals surface area contributed by atoms with Crippen molar-refractivity contribution in [3.63, 3.8) is 0 Å². The molecular weight excluding hydrogens is 695 g/mol. The van der Waals surface area contributed by atoms with Crippen molar-refractivity contribution in [2.75, 3.05) is 13.2 Å². The summed E-state index contributed by atoms with van der Waals surface area (Å²) in [5.74, 6) is -0.163. The minimum atomic E-state index is -0.874. The first kappa shape index (κ1) is 54.3. The van der Waals surface area contributed by atoms with E-state index in [1.54, 1.807) is 6.08 Å². The summed E-state index contributed by atoms with van der Waals surface area (Å²) in [5.41, 5.74) is 0. The Morgan fingerprint density at radius 3 is 1.30 bits per heavy atom. The second-order valence-electron chi connectivity index (χ2n) is 16.8. The Hall–Kier alpha value is -1.66. The molecule has 0 fully saturated rings. The number of hydrogen-bond donors (Lipinski definition) is 3. The molecule has 1 amide bonds. The molecule has 56 heavy (non-hydrogen) atoms. The van der Waals surface area contributed by atoms with Gasteiger partial charge in [-0.1, -0.05) is 218 Å². The van der Waals surface area contributed by atoms with Gasteiger partial charge >= 0.3 is 5.97 Å². The predicted octanol–water partition coefficient (Wildman–Crippen LogP) is 14.3. The molecule has 0 aliphatic heterocycles. The van der Waals surface area contributed by atoms with E-state index in [2.05, 4.69) is 31.3 Å². The molecule has 2 atom stereocenters. The lowest BCUT2D eigenvalue weighted by Crippen LogP contribution is -2.45. The summed E-state index contributed by atoms with van der Waals surface area (Å²) in [4.78, 5) is 24.4. The number of carbonyl (C=O) groups is 2. The van der Waals surface area contributed by atoms with Crippen molar-refractivity contribution < 1.29 is 24.5 Å². The van der Waals surface area contributed by atoms with Gasteiger partial charge < -0.3 is 20.3 Å². The first-order valence-corrected chi connectivity index (χ1v) is 24.6. The third kappa shape index (κ3) is 42.0. The number of hydrogen-bond acceptors (Lipinski definition) is 5. The second-order valence-corrected chi connectivity index (χ2v) is 16.8. The normalized spacial score (nSPS) is 12.9. The summed E-state index contributed by atoms with van der Waals surface area (Å²) in [7, 11) is 0. The molecule has 3 N–H and O–H groups in total. The van der Waals surface area contributed by atoms with E-state index in [9.17, 15) is 19.8 Å². The van der Waals surface area contributed by atoms with Crippen molar-refractivity contribution in [1.29, 1.82) is 0 Å². The van der Waals surface area contributed by atoms with Gasteiger partial charge in [0, 0.05) is 12.8 Å². The standard InChI is InChI=1S/C50H95NO5/c1-3-5-7-9-11-13-15-17-19-21-23-26-30-34-38-42-48(53)47(46-52)51-49(54)43-39-35-31-27-25-29-33-37-41-45-56-50(55)44-40-36-32-28-24-22-20-18-16-14-12-10-8-6-4-2/h27,31,38,42,47-48,52-53H,3-26,28-30,32-37,39-41,43-46H2,1-2H3,(H,51,54)/b31-27-,42-38+. The summed E-state index contributed by atoms with van der Waals surface area (Å²) < 4.78 is 5.44. The number of ether oxygens (including phenoxy) is 1. The van der Waals surface area contributed by atoms with Crippen molar-refractivity contribution >= 4 is 11.9 Å². The molecule has 0 saturated heterocycles. The van der Waals surface area contributed by atoms with Gasteiger partial charge in [0.1, 0.15) is 0 Å². The molecule has 0 bridgehead atoms. The average Bonchev–Trinajstić information content (AvgIpc) is 3.20. The minimum absolute atomic E-state index is 0.0355. The maximum absolute atomic E-state index is 12.4. The number of nitrogens with one attached hydrogen (secondary N) is 1. The van der Waals surface area contributed by atoms with Crippen LogP contribution in [0.2, 0.25) is 0 Å². The first-order valence-electron chi connectivity index (χ1n) is 24.6. The first-order chi connectivity index (χ1) is 27.5. The van der Waals surface area contributed by atoms with E-state index >= 15 is 0 Å². The predicted molar refractivity (Wildman–Crippen MR) is 241 cm³/mol. The quantitative estimate of drug-likeness (QED) is 0.0324. The van der Waals surface area contributed by atoms with Gasteiger partial charge in [-0.3, -0.25) is 9.59 Å². The molecule has 0 aromatic carbocycles. The molecule has 6 heteroatoms. The van der Waals surface area contributed by atoms with E-state index in [-0.39, 0.29) is 18.5 Å². The zero-order chi connectivity index (χ0) is 40.8. The minimum Gasteiger partial charge on any atom is -0.466 e. The third-order valence-corrected chi connectivity index (χ3v) is 11.2. The van der Waals surface area contributed by atoms with Crippen LogP contribution in [0.25, 0.3) is 0 Å². The molecule has 0 spiro atoms. The Balaban J connectivity index is 3.57. The smallest absolute Gasteiger partial charge is 0.305 e. The van der Waals surface area contributed by atoms with Gasteiger partial charge in [0.25, 0.3) is 0 Å². The maximum atomic E-state index is 12.4. The molecule has 6 nitrogen and oxygen atoms in total. The molecule has 330 valence electrons. The zero-order valence-corrected chi connectivity index (χ0v) is 37.4. The van der Waals surface area contributed by atoms with E-state index in [4.69, 9.17) is 4.74 Å². The van der Waals surface area contributed by atoms with Crippen molar-refractivity contribution in [2.24, 2.45) is 0 Å². The zero-order valence-electron chi connectivity index (χ0n) is 37.4. The Kier molecular flexibility index (Phi) is 44.7. The average molecular weight is 790 g/mol. The number of amides is 1. The number of esters is 1. The van der Waals surface area contributed by atoms with E-state index in [0.29, 0.717) is 19.4 Å². The van der Waals surface area contributed by atoms with Crippen LogP contribution in [-0.2, 0) is 14.3 Å². The molecule has 2 unspecified atom stereocenters. The van der Waals surface area contributed by atoms with Gasteiger partial charge in [0.05, 0.1) is 25.4 Å². The van der Waals surface area contributed by atoms with Crippen molar-refractivity contribution in [2.45, 2.75) is 270 Å². The molecule has 0 saturated carbocycles. The van der Waals surface area contributed by atoms with Gasteiger partial charge in [-0.25, -0.2) is 0 Å². The number of allylic oxidation sites excluding steroid dienone is 3. The van der Waals surface area contributed by atoms with E-state index < -0.39 is 12.1 Å². The Morgan fingerprint density at radius 2 is 0.857 bits per heavy atom. The molecule has 0 aromatic rings. The van der Waals surface area contributed by atoms with E-state index in [1.807, 2.05) is 6.08 Å². The molecule has 0 aliphatic rings. The lowest BCUT2D eigenvalue weighted by Gasteiger charge is -2.19. The highest BCUT2D eigenvalue weighted by atomic mass is 16.5. The molecule has 0 radical (unpaired) electrons. The van der Waals surface area contributed by atoms with Crippen LogP contribution in [-0.4, -0.2) is 47.4 Å². The molecule has 0 aliphatic carbocycles. The van der Waals surface area contributed by atoms with Crippen LogP contribution in [0.4, 0.5) is 0 Å². The largest absolute Gasteiger partial charge is 0.466 e. The van der Waals surface area contributed by atoms with Crippen LogP contribution in [0, 0.1) is 0 Å². The third-order valence-electron chi connectivity index (χ3n) is 11.2. The fraction of sp³-hybridized carbons (Fsp3) is 0.880. The maximum Gasteiger partial charge on any atom is 0.305 e. The van der Waals surface area contributed by atoms with Crippen molar-refractivity contribution in [1.82, 2.24) is 5.32 Å². The number of aliphatic hydroxyl groups is 2. The number of carbonyl (C=O) groups excluding carboxylic acids is 2. The van der Waals surface area contributed by atoms with E-state index in [1.165, 1.54) is 161 Å². The summed E-state index contributed by atoms with van der Waals surface area (Å²) in [6, 6.07) is -0.664. The van der Waals surface area contributed by atoms with Gasteiger partial charge in [-0.15, -0.1) is 0 Å². The van der Waals surface area contributed by atoms with Crippen LogP contribution in [0.3, 0.4) is 0 Å². The number of unbranched alkanes of at least 4 members (excludes halogenated alkanes) is 32. The van der Waals surface area contributed by atoms with E-state index in [0.717, 1.165) is 70.6 Å². The lowest BCUT2D eigenvalue weighted by atomic mass is 10.0.